The van der Waals surface area contributed by atoms with E-state index < -0.39 is 6.03 Å². The van der Waals surface area contributed by atoms with E-state index in [1.807, 2.05) is 42.5 Å². The molecular formula is C19H17N3O2. The molecule has 0 atom stereocenters. The Hall–Kier alpha value is -3.34. The van der Waals surface area contributed by atoms with Gasteiger partial charge < -0.3 is 16.4 Å². The molecule has 0 saturated carbocycles. The average molecular weight is 319 g/mol. The van der Waals surface area contributed by atoms with Crippen molar-refractivity contribution in [2.45, 2.75) is 6.42 Å². The molecule has 120 valence electrons. The smallest absolute Gasteiger partial charge is 0.316 e. The zero-order chi connectivity index (χ0) is 16.9. The molecule has 3 aromatic rings. The lowest BCUT2D eigenvalue weighted by Gasteiger charge is -2.09. The molecule has 3 amide bonds. The minimum atomic E-state index is -0.644. The van der Waals surface area contributed by atoms with Crippen LogP contribution >= 0.6 is 0 Å². The van der Waals surface area contributed by atoms with Crippen molar-refractivity contribution in [2.75, 3.05) is 10.6 Å². The topological polar surface area (TPSA) is 84.2 Å². The SMILES string of the molecule is NC(=O)Nc1cccc(NC(=O)Cc2cccc3ccccc23)c1. The number of benzene rings is 3. The van der Waals surface area contributed by atoms with E-state index in [1.54, 1.807) is 24.3 Å². The van der Waals surface area contributed by atoms with E-state index in [0.717, 1.165) is 16.3 Å². The number of anilines is 2. The second-order valence-corrected chi connectivity index (χ2v) is 5.43. The van der Waals surface area contributed by atoms with Gasteiger partial charge in [0.15, 0.2) is 0 Å². The Bertz CT molecular complexity index is 901. The summed E-state index contributed by atoms with van der Waals surface area (Å²) in [4.78, 5) is 23.2. The van der Waals surface area contributed by atoms with Crippen LogP contribution in [-0.2, 0) is 11.2 Å². The molecule has 3 aromatic carbocycles. The van der Waals surface area contributed by atoms with Crippen LogP contribution in [0, 0.1) is 0 Å². The predicted molar refractivity (Wildman–Crippen MR) is 95.9 cm³/mol. The lowest BCUT2D eigenvalue weighted by Crippen LogP contribution is -2.19. The highest BCUT2D eigenvalue weighted by Gasteiger charge is 2.08. The highest BCUT2D eigenvalue weighted by atomic mass is 16.2. The highest BCUT2D eigenvalue weighted by Crippen LogP contribution is 2.20. The summed E-state index contributed by atoms with van der Waals surface area (Å²) < 4.78 is 0. The first-order valence-corrected chi connectivity index (χ1v) is 7.55. The largest absolute Gasteiger partial charge is 0.351 e. The third-order valence-corrected chi connectivity index (χ3v) is 3.64. The molecule has 4 N–H and O–H groups in total. The Labute approximate surface area is 139 Å². The summed E-state index contributed by atoms with van der Waals surface area (Å²) in [6.07, 6.45) is 0.273. The first-order valence-electron chi connectivity index (χ1n) is 7.55. The van der Waals surface area contributed by atoms with Gasteiger partial charge in [-0.15, -0.1) is 0 Å². The molecular weight excluding hydrogens is 302 g/mol. The van der Waals surface area contributed by atoms with Crippen LogP contribution < -0.4 is 16.4 Å². The Kier molecular flexibility index (Phi) is 4.43. The van der Waals surface area contributed by atoms with Crippen molar-refractivity contribution in [2.24, 2.45) is 5.73 Å². The van der Waals surface area contributed by atoms with E-state index in [0.29, 0.717) is 11.4 Å². The van der Waals surface area contributed by atoms with E-state index in [9.17, 15) is 9.59 Å². The van der Waals surface area contributed by atoms with Crippen LogP contribution in [0.15, 0.2) is 66.7 Å². The van der Waals surface area contributed by atoms with Crippen molar-refractivity contribution < 1.29 is 9.59 Å². The summed E-state index contributed by atoms with van der Waals surface area (Å²) in [7, 11) is 0. The third-order valence-electron chi connectivity index (χ3n) is 3.64. The van der Waals surface area contributed by atoms with E-state index in [2.05, 4.69) is 10.6 Å². The molecule has 5 nitrogen and oxygen atoms in total. The molecule has 0 bridgehead atoms. The quantitative estimate of drug-likeness (QED) is 0.687. The van der Waals surface area contributed by atoms with Crippen LogP contribution in [0.25, 0.3) is 10.8 Å². The van der Waals surface area contributed by atoms with Crippen LogP contribution in [0.5, 0.6) is 0 Å². The monoisotopic (exact) mass is 319 g/mol. The van der Waals surface area contributed by atoms with Gasteiger partial charge in [0.2, 0.25) is 5.91 Å². The first kappa shape index (κ1) is 15.6. The van der Waals surface area contributed by atoms with Crippen molar-refractivity contribution in [1.82, 2.24) is 0 Å². The molecule has 0 aliphatic rings. The van der Waals surface area contributed by atoms with Crippen LogP contribution in [0.3, 0.4) is 0 Å². The normalized spacial score (nSPS) is 10.3. The average Bonchev–Trinajstić information content (AvgIpc) is 2.55. The van der Waals surface area contributed by atoms with Gasteiger partial charge in [-0.25, -0.2) is 4.79 Å². The van der Waals surface area contributed by atoms with Gasteiger partial charge >= 0.3 is 6.03 Å². The fraction of sp³-hybridized carbons (Fsp3) is 0.0526. The zero-order valence-electron chi connectivity index (χ0n) is 13.0. The van der Waals surface area contributed by atoms with Crippen LogP contribution in [-0.4, -0.2) is 11.9 Å². The Morgan fingerprint density at radius 1 is 0.833 bits per heavy atom. The van der Waals surface area contributed by atoms with Crippen LogP contribution in [0.4, 0.5) is 16.2 Å². The number of carbonyl (C=O) groups is 2. The van der Waals surface area contributed by atoms with Crippen molar-refractivity contribution in [1.29, 1.82) is 0 Å². The van der Waals surface area contributed by atoms with E-state index >= 15 is 0 Å². The maximum atomic E-state index is 12.3. The first-order chi connectivity index (χ1) is 11.6. The van der Waals surface area contributed by atoms with Gasteiger partial charge in [0.05, 0.1) is 6.42 Å². The van der Waals surface area contributed by atoms with E-state index in [-0.39, 0.29) is 12.3 Å². The molecule has 0 radical (unpaired) electrons. The van der Waals surface area contributed by atoms with Gasteiger partial charge in [0, 0.05) is 11.4 Å². The Morgan fingerprint density at radius 3 is 2.29 bits per heavy atom. The van der Waals surface area contributed by atoms with E-state index in [1.165, 1.54) is 0 Å². The number of hydrogen-bond donors (Lipinski definition) is 3. The molecule has 0 fully saturated rings. The summed E-state index contributed by atoms with van der Waals surface area (Å²) in [5.74, 6) is -0.123. The maximum Gasteiger partial charge on any atom is 0.316 e. The number of primary amides is 1. The number of fused-ring (bicyclic) bond motifs is 1. The van der Waals surface area contributed by atoms with Gasteiger partial charge in [-0.3, -0.25) is 4.79 Å². The standard InChI is InChI=1S/C19H17N3O2/c20-19(24)22-16-9-4-8-15(12-16)21-18(23)11-14-7-3-6-13-5-1-2-10-17(13)14/h1-10,12H,11H2,(H,21,23)(H3,20,22,24). The maximum absolute atomic E-state index is 12.3. The Balaban J connectivity index is 1.75. The van der Waals surface area contributed by atoms with Crippen molar-refractivity contribution in [3.63, 3.8) is 0 Å². The minimum absolute atomic E-state index is 0.123. The van der Waals surface area contributed by atoms with Gasteiger partial charge in [-0.1, -0.05) is 48.5 Å². The fourth-order valence-corrected chi connectivity index (χ4v) is 2.64. The second-order valence-electron chi connectivity index (χ2n) is 5.43. The highest BCUT2D eigenvalue weighted by molar-refractivity contribution is 5.97. The number of nitrogens with one attached hydrogen (secondary N) is 2. The van der Waals surface area contributed by atoms with Crippen LogP contribution in [0.2, 0.25) is 0 Å². The van der Waals surface area contributed by atoms with Crippen molar-refractivity contribution in [3.8, 4) is 0 Å². The molecule has 5 heteroatoms. The summed E-state index contributed by atoms with van der Waals surface area (Å²) >= 11 is 0. The molecule has 0 aliphatic carbocycles. The van der Waals surface area contributed by atoms with Crippen molar-refractivity contribution in [3.05, 3.63) is 72.3 Å². The van der Waals surface area contributed by atoms with Gasteiger partial charge in [-0.2, -0.15) is 0 Å². The molecule has 24 heavy (non-hydrogen) atoms. The third kappa shape index (κ3) is 3.70. The summed E-state index contributed by atoms with van der Waals surface area (Å²) in [5, 5.41) is 7.49. The van der Waals surface area contributed by atoms with Gasteiger partial charge in [0.25, 0.3) is 0 Å². The second kappa shape index (κ2) is 6.83. The number of carbonyl (C=O) groups excluding carboxylic acids is 2. The zero-order valence-corrected chi connectivity index (χ0v) is 13.0. The lowest BCUT2D eigenvalue weighted by atomic mass is 10.0. The summed E-state index contributed by atoms with van der Waals surface area (Å²) in [5.41, 5.74) is 7.20. The molecule has 0 heterocycles. The van der Waals surface area contributed by atoms with Gasteiger partial charge in [-0.05, 0) is 34.5 Å². The molecule has 3 rings (SSSR count). The molecule has 0 spiro atoms. The minimum Gasteiger partial charge on any atom is -0.351 e. The number of rotatable bonds is 4. The van der Waals surface area contributed by atoms with E-state index in [4.69, 9.17) is 5.73 Å². The summed E-state index contributed by atoms with van der Waals surface area (Å²) in [6.45, 7) is 0. The van der Waals surface area contributed by atoms with Crippen molar-refractivity contribution >= 4 is 34.1 Å². The predicted octanol–water partition coefficient (Wildman–Crippen LogP) is 3.51. The molecule has 0 aromatic heterocycles. The molecule has 0 unspecified atom stereocenters. The fourth-order valence-electron chi connectivity index (χ4n) is 2.64. The Morgan fingerprint density at radius 2 is 1.50 bits per heavy atom. The number of amides is 3. The summed E-state index contributed by atoms with van der Waals surface area (Å²) in [6, 6.07) is 20.1. The molecule has 0 saturated heterocycles. The number of hydrogen-bond acceptors (Lipinski definition) is 2. The number of nitrogens with two attached hydrogens (primary N) is 1. The molecule has 0 aliphatic heterocycles. The van der Waals surface area contributed by atoms with Crippen LogP contribution in [0.1, 0.15) is 5.56 Å². The number of urea groups is 1. The van der Waals surface area contributed by atoms with Gasteiger partial charge in [0.1, 0.15) is 0 Å². The lowest BCUT2D eigenvalue weighted by molar-refractivity contribution is -0.115.